The van der Waals surface area contributed by atoms with E-state index in [9.17, 15) is 10.1 Å². The number of carbonyl (C=O) groups excluding carboxylic acids is 1. The van der Waals surface area contributed by atoms with Crippen LogP contribution in [0.1, 0.15) is 39.2 Å². The predicted molar refractivity (Wildman–Crippen MR) is 79.0 cm³/mol. The molecule has 2 rings (SSSR count). The Morgan fingerprint density at radius 3 is 2.20 bits per heavy atom. The van der Waals surface area contributed by atoms with Gasteiger partial charge in [0.1, 0.15) is 0 Å². The van der Waals surface area contributed by atoms with E-state index in [1.807, 2.05) is 56.0 Å². The first-order valence-corrected chi connectivity index (χ1v) is 7.15. The molecule has 1 amide bonds. The molecule has 0 aromatic heterocycles. The summed E-state index contributed by atoms with van der Waals surface area (Å²) >= 11 is 0. The van der Waals surface area contributed by atoms with Gasteiger partial charge in [0.25, 0.3) is 0 Å². The minimum Gasteiger partial charge on any atom is -0.342 e. The van der Waals surface area contributed by atoms with Crippen LogP contribution in [0.4, 0.5) is 0 Å². The lowest BCUT2D eigenvalue weighted by Crippen LogP contribution is -2.48. The summed E-state index contributed by atoms with van der Waals surface area (Å²) in [7, 11) is 0. The quantitative estimate of drug-likeness (QED) is 0.787. The lowest BCUT2D eigenvalue weighted by Gasteiger charge is -2.39. The summed E-state index contributed by atoms with van der Waals surface area (Å²) in [4.78, 5) is 14.2. The van der Waals surface area contributed by atoms with Crippen molar-refractivity contribution in [1.82, 2.24) is 4.90 Å². The zero-order valence-corrected chi connectivity index (χ0v) is 12.5. The van der Waals surface area contributed by atoms with Crippen LogP contribution in [0.3, 0.4) is 0 Å². The van der Waals surface area contributed by atoms with Crippen molar-refractivity contribution in [3.8, 4) is 6.07 Å². The largest absolute Gasteiger partial charge is 0.342 e. The van der Waals surface area contributed by atoms with Gasteiger partial charge in [-0.3, -0.25) is 4.79 Å². The molecule has 0 aliphatic carbocycles. The average Bonchev–Trinajstić information content (AvgIpc) is 2.46. The molecule has 0 radical (unpaired) electrons. The van der Waals surface area contributed by atoms with Gasteiger partial charge in [0.15, 0.2) is 0 Å². The summed E-state index contributed by atoms with van der Waals surface area (Å²) in [5, 5.41) is 9.63. The molecule has 1 aromatic carbocycles. The second kappa shape index (κ2) is 5.28. The minimum atomic E-state index is -0.435. The van der Waals surface area contributed by atoms with Crippen molar-refractivity contribution >= 4 is 5.91 Å². The van der Waals surface area contributed by atoms with E-state index in [4.69, 9.17) is 0 Å². The highest BCUT2D eigenvalue weighted by Gasteiger charge is 2.39. The first-order chi connectivity index (χ1) is 9.39. The molecule has 1 aromatic rings. The molecule has 0 N–H and O–H groups in total. The fraction of sp³-hybridized carbons (Fsp3) is 0.529. The molecule has 106 valence electrons. The van der Waals surface area contributed by atoms with Gasteiger partial charge >= 0.3 is 0 Å². The van der Waals surface area contributed by atoms with E-state index in [-0.39, 0.29) is 11.3 Å². The summed E-state index contributed by atoms with van der Waals surface area (Å²) in [6.07, 6.45) is 1.44. The number of nitrogens with zero attached hydrogens (tertiary/aromatic N) is 2. The van der Waals surface area contributed by atoms with Crippen LogP contribution < -0.4 is 0 Å². The minimum absolute atomic E-state index is 0.178. The molecule has 1 saturated heterocycles. The Labute approximate surface area is 121 Å². The zero-order chi connectivity index (χ0) is 14.8. The van der Waals surface area contributed by atoms with Crippen molar-refractivity contribution in [2.75, 3.05) is 13.1 Å². The Kier molecular flexibility index (Phi) is 3.85. The molecule has 1 aliphatic rings. The number of benzene rings is 1. The highest BCUT2D eigenvalue weighted by Crippen LogP contribution is 2.35. The average molecular weight is 270 g/mol. The molecule has 0 spiro atoms. The van der Waals surface area contributed by atoms with Crippen LogP contribution in [-0.2, 0) is 10.2 Å². The Hall–Kier alpha value is -1.82. The smallest absolute Gasteiger partial charge is 0.227 e. The van der Waals surface area contributed by atoms with Crippen LogP contribution in [0.5, 0.6) is 0 Å². The molecule has 1 heterocycles. The SMILES string of the molecule is CC(C)(C)C(=O)N1CCC(C#N)(c2ccccc2)CC1. The van der Waals surface area contributed by atoms with Crippen molar-refractivity contribution in [2.24, 2.45) is 5.41 Å². The Morgan fingerprint density at radius 1 is 1.20 bits per heavy atom. The summed E-state index contributed by atoms with van der Waals surface area (Å²) in [6, 6.07) is 12.4. The lowest BCUT2D eigenvalue weighted by atomic mass is 9.73. The van der Waals surface area contributed by atoms with E-state index in [0.29, 0.717) is 13.1 Å². The first-order valence-electron chi connectivity index (χ1n) is 7.15. The van der Waals surface area contributed by atoms with Gasteiger partial charge in [-0.2, -0.15) is 5.26 Å². The van der Waals surface area contributed by atoms with Crippen LogP contribution in [0.2, 0.25) is 0 Å². The molecule has 3 heteroatoms. The van der Waals surface area contributed by atoms with Crippen molar-refractivity contribution in [2.45, 2.75) is 39.0 Å². The molecule has 0 bridgehead atoms. The number of hydrogen-bond donors (Lipinski definition) is 0. The van der Waals surface area contributed by atoms with E-state index >= 15 is 0 Å². The van der Waals surface area contributed by atoms with Gasteiger partial charge in [0.05, 0.1) is 11.5 Å². The Balaban J connectivity index is 2.14. The number of rotatable bonds is 1. The number of piperidine rings is 1. The molecule has 0 atom stereocenters. The number of carbonyl (C=O) groups is 1. The Morgan fingerprint density at radius 2 is 1.75 bits per heavy atom. The van der Waals surface area contributed by atoms with Gasteiger partial charge in [0.2, 0.25) is 5.91 Å². The van der Waals surface area contributed by atoms with Crippen molar-refractivity contribution in [3.05, 3.63) is 35.9 Å². The van der Waals surface area contributed by atoms with Gasteiger partial charge in [-0.05, 0) is 18.4 Å². The number of nitriles is 1. The summed E-state index contributed by atoms with van der Waals surface area (Å²) in [5.74, 6) is 0.178. The molecule has 0 saturated carbocycles. The van der Waals surface area contributed by atoms with E-state index < -0.39 is 5.41 Å². The van der Waals surface area contributed by atoms with Crippen LogP contribution in [0.25, 0.3) is 0 Å². The third kappa shape index (κ3) is 2.70. The molecule has 1 fully saturated rings. The number of hydrogen-bond acceptors (Lipinski definition) is 2. The van der Waals surface area contributed by atoms with Gasteiger partial charge in [-0.25, -0.2) is 0 Å². The molecule has 1 aliphatic heterocycles. The topological polar surface area (TPSA) is 44.1 Å². The van der Waals surface area contributed by atoms with Crippen LogP contribution in [0.15, 0.2) is 30.3 Å². The standard InChI is InChI=1S/C17H22N2O/c1-16(2,3)15(20)19-11-9-17(13-18,10-12-19)14-7-5-4-6-8-14/h4-8H,9-12H2,1-3H3. The fourth-order valence-electron chi connectivity index (χ4n) is 2.79. The number of amides is 1. The maximum Gasteiger partial charge on any atom is 0.227 e. The number of likely N-dealkylation sites (tertiary alicyclic amines) is 1. The lowest BCUT2D eigenvalue weighted by molar-refractivity contribution is -0.140. The summed E-state index contributed by atoms with van der Waals surface area (Å²) in [5.41, 5.74) is 0.292. The van der Waals surface area contributed by atoms with Crippen LogP contribution in [-0.4, -0.2) is 23.9 Å². The molecular weight excluding hydrogens is 248 g/mol. The van der Waals surface area contributed by atoms with Gasteiger partial charge in [0, 0.05) is 18.5 Å². The van der Waals surface area contributed by atoms with Gasteiger partial charge in [-0.15, -0.1) is 0 Å². The summed E-state index contributed by atoms with van der Waals surface area (Å²) < 4.78 is 0. The third-order valence-electron chi connectivity index (χ3n) is 4.09. The van der Waals surface area contributed by atoms with Gasteiger partial charge in [-0.1, -0.05) is 51.1 Å². The molecule has 3 nitrogen and oxygen atoms in total. The van der Waals surface area contributed by atoms with Crippen LogP contribution in [0, 0.1) is 16.7 Å². The maximum absolute atomic E-state index is 12.3. The third-order valence-corrected chi connectivity index (χ3v) is 4.09. The van der Waals surface area contributed by atoms with E-state index in [1.54, 1.807) is 0 Å². The van der Waals surface area contributed by atoms with Crippen LogP contribution >= 0.6 is 0 Å². The molecular formula is C17H22N2O. The van der Waals surface area contributed by atoms with Gasteiger partial charge < -0.3 is 4.90 Å². The second-order valence-electron chi connectivity index (χ2n) is 6.60. The second-order valence-corrected chi connectivity index (χ2v) is 6.60. The van der Waals surface area contributed by atoms with E-state index in [2.05, 4.69) is 6.07 Å². The maximum atomic E-state index is 12.3. The molecule has 0 unspecified atom stereocenters. The monoisotopic (exact) mass is 270 g/mol. The zero-order valence-electron chi connectivity index (χ0n) is 12.5. The Bertz CT molecular complexity index is 514. The van der Waals surface area contributed by atoms with E-state index in [1.165, 1.54) is 0 Å². The first kappa shape index (κ1) is 14.6. The summed E-state index contributed by atoms with van der Waals surface area (Å²) in [6.45, 7) is 7.16. The normalized spacial score (nSPS) is 18.4. The fourth-order valence-corrected chi connectivity index (χ4v) is 2.79. The van der Waals surface area contributed by atoms with Crippen molar-refractivity contribution < 1.29 is 4.79 Å². The van der Waals surface area contributed by atoms with Crippen molar-refractivity contribution in [1.29, 1.82) is 5.26 Å². The van der Waals surface area contributed by atoms with Crippen molar-refractivity contribution in [3.63, 3.8) is 0 Å². The highest BCUT2D eigenvalue weighted by atomic mass is 16.2. The predicted octanol–water partition coefficient (Wildman–Crippen LogP) is 3.12. The molecule has 20 heavy (non-hydrogen) atoms. The van der Waals surface area contributed by atoms with E-state index in [0.717, 1.165) is 18.4 Å². The highest BCUT2D eigenvalue weighted by molar-refractivity contribution is 5.81.